The molecule has 0 radical (unpaired) electrons. The molecule has 0 saturated carbocycles. The fourth-order valence-corrected chi connectivity index (χ4v) is 4.17. The van der Waals surface area contributed by atoms with E-state index in [2.05, 4.69) is 29.2 Å². The smallest absolute Gasteiger partial charge is 0.231 e. The van der Waals surface area contributed by atoms with Crippen molar-refractivity contribution in [3.05, 3.63) is 83.4 Å². The Morgan fingerprint density at radius 1 is 0.788 bits per heavy atom. The minimum atomic E-state index is -0.541. The average Bonchev–Trinajstić information content (AvgIpc) is 3.31. The molecule has 3 aromatic rings. The van der Waals surface area contributed by atoms with E-state index in [0.29, 0.717) is 18.0 Å². The molecule has 5 nitrogen and oxygen atoms in total. The number of hydrogen-bond acceptors (Lipinski definition) is 5. The SMILES string of the molecule is Fc1ccc(N2CCN(CCc3ccc(COc4ccc5c(c4)OCO5)cc3)CC2)c(F)c1. The zero-order valence-corrected chi connectivity index (χ0v) is 18.3. The second kappa shape index (κ2) is 9.67. The third-order valence-corrected chi connectivity index (χ3v) is 6.11. The minimum absolute atomic E-state index is 0.253. The van der Waals surface area contributed by atoms with Crippen LogP contribution >= 0.6 is 0 Å². The van der Waals surface area contributed by atoms with Crippen LogP contribution in [0.25, 0.3) is 0 Å². The summed E-state index contributed by atoms with van der Waals surface area (Å²) in [6, 6.07) is 17.8. The van der Waals surface area contributed by atoms with Gasteiger partial charge in [0.25, 0.3) is 0 Å². The lowest BCUT2D eigenvalue weighted by molar-refractivity contribution is 0.173. The molecule has 172 valence electrons. The number of hydrogen-bond donors (Lipinski definition) is 0. The number of benzene rings is 3. The van der Waals surface area contributed by atoms with Gasteiger partial charge < -0.3 is 19.1 Å². The minimum Gasteiger partial charge on any atom is -0.489 e. The number of nitrogens with zero attached hydrogens (tertiary/aromatic N) is 2. The Balaban J connectivity index is 1.07. The van der Waals surface area contributed by atoms with Gasteiger partial charge in [-0.2, -0.15) is 0 Å². The first-order chi connectivity index (χ1) is 16.1. The predicted molar refractivity (Wildman–Crippen MR) is 122 cm³/mol. The van der Waals surface area contributed by atoms with Gasteiger partial charge in [0.05, 0.1) is 5.69 Å². The number of ether oxygens (including phenoxy) is 3. The maximum atomic E-state index is 14.0. The Hall–Kier alpha value is -3.32. The van der Waals surface area contributed by atoms with Crippen LogP contribution in [0.5, 0.6) is 17.2 Å². The molecule has 1 saturated heterocycles. The second-order valence-electron chi connectivity index (χ2n) is 8.29. The summed E-state index contributed by atoms with van der Waals surface area (Å²) in [5.74, 6) is 1.18. The van der Waals surface area contributed by atoms with Crippen LogP contribution in [0.15, 0.2) is 60.7 Å². The summed E-state index contributed by atoms with van der Waals surface area (Å²) >= 11 is 0. The highest BCUT2D eigenvalue weighted by molar-refractivity contribution is 5.48. The summed E-state index contributed by atoms with van der Waals surface area (Å²) in [7, 11) is 0. The Morgan fingerprint density at radius 3 is 2.33 bits per heavy atom. The van der Waals surface area contributed by atoms with Gasteiger partial charge in [-0.3, -0.25) is 4.90 Å². The van der Waals surface area contributed by atoms with Crippen LogP contribution < -0.4 is 19.1 Å². The van der Waals surface area contributed by atoms with E-state index in [1.54, 1.807) is 0 Å². The van der Waals surface area contributed by atoms with Gasteiger partial charge in [0.15, 0.2) is 11.5 Å². The highest BCUT2D eigenvalue weighted by Crippen LogP contribution is 2.35. The molecule has 0 N–H and O–H groups in total. The van der Waals surface area contributed by atoms with E-state index in [9.17, 15) is 8.78 Å². The van der Waals surface area contributed by atoms with Gasteiger partial charge in [0.1, 0.15) is 24.0 Å². The molecule has 0 atom stereocenters. The highest BCUT2D eigenvalue weighted by atomic mass is 19.1. The molecule has 33 heavy (non-hydrogen) atoms. The van der Waals surface area contributed by atoms with Gasteiger partial charge >= 0.3 is 0 Å². The molecule has 3 aromatic carbocycles. The molecule has 0 amide bonds. The summed E-state index contributed by atoms with van der Waals surface area (Å²) in [6.45, 7) is 4.88. The Bertz CT molecular complexity index is 1100. The summed E-state index contributed by atoms with van der Waals surface area (Å²) in [5.41, 5.74) is 2.86. The van der Waals surface area contributed by atoms with Crippen LogP contribution in [0.2, 0.25) is 0 Å². The Kier molecular flexibility index (Phi) is 6.30. The topological polar surface area (TPSA) is 34.2 Å². The van der Waals surface area contributed by atoms with Crippen LogP contribution in [-0.4, -0.2) is 44.4 Å². The first-order valence-corrected chi connectivity index (χ1v) is 11.2. The van der Waals surface area contributed by atoms with E-state index in [1.807, 2.05) is 23.1 Å². The van der Waals surface area contributed by atoms with E-state index >= 15 is 0 Å². The lowest BCUT2D eigenvalue weighted by Crippen LogP contribution is -2.47. The van der Waals surface area contributed by atoms with Crippen LogP contribution in [0.3, 0.4) is 0 Å². The monoisotopic (exact) mass is 452 g/mol. The van der Waals surface area contributed by atoms with Crippen molar-refractivity contribution in [2.75, 3.05) is 44.4 Å². The molecular weight excluding hydrogens is 426 g/mol. The molecule has 5 rings (SSSR count). The van der Waals surface area contributed by atoms with Crippen molar-refractivity contribution in [1.82, 2.24) is 4.90 Å². The standard InChI is InChI=1S/C26H26F2N2O3/c27-21-5-7-24(23(28)15-21)30-13-11-29(12-14-30)10-9-19-1-3-20(4-2-19)17-31-22-6-8-25-26(16-22)33-18-32-25/h1-8,15-16H,9-14,17-18H2. The third-order valence-electron chi connectivity index (χ3n) is 6.11. The van der Waals surface area contributed by atoms with Gasteiger partial charge in [-0.15, -0.1) is 0 Å². The van der Waals surface area contributed by atoms with Crippen LogP contribution in [0.4, 0.5) is 14.5 Å². The van der Waals surface area contributed by atoms with Crippen molar-refractivity contribution < 1.29 is 23.0 Å². The van der Waals surface area contributed by atoms with Crippen LogP contribution in [0, 0.1) is 11.6 Å². The molecule has 0 aromatic heterocycles. The van der Waals surface area contributed by atoms with Crippen molar-refractivity contribution in [2.24, 2.45) is 0 Å². The third kappa shape index (κ3) is 5.20. The zero-order chi connectivity index (χ0) is 22.6. The van der Waals surface area contributed by atoms with Crippen molar-refractivity contribution in [3.8, 4) is 17.2 Å². The quantitative estimate of drug-likeness (QED) is 0.522. The number of rotatable bonds is 7. The number of piperazine rings is 1. The fourth-order valence-electron chi connectivity index (χ4n) is 4.17. The number of fused-ring (bicyclic) bond motifs is 1. The lowest BCUT2D eigenvalue weighted by Gasteiger charge is -2.36. The molecule has 0 aliphatic carbocycles. The van der Waals surface area contributed by atoms with Crippen LogP contribution in [-0.2, 0) is 13.0 Å². The maximum Gasteiger partial charge on any atom is 0.231 e. The molecule has 2 aliphatic heterocycles. The van der Waals surface area contributed by atoms with E-state index < -0.39 is 11.6 Å². The normalized spacial score (nSPS) is 15.6. The van der Waals surface area contributed by atoms with Gasteiger partial charge in [-0.1, -0.05) is 24.3 Å². The van der Waals surface area contributed by atoms with E-state index in [0.717, 1.165) is 62.3 Å². The molecule has 0 spiro atoms. The van der Waals surface area contributed by atoms with E-state index in [4.69, 9.17) is 14.2 Å². The Labute approximate surface area is 192 Å². The molecule has 2 heterocycles. The Morgan fingerprint density at radius 2 is 1.55 bits per heavy atom. The molecule has 1 fully saturated rings. The van der Waals surface area contributed by atoms with Gasteiger partial charge in [-0.25, -0.2) is 8.78 Å². The maximum absolute atomic E-state index is 14.0. The van der Waals surface area contributed by atoms with E-state index in [1.165, 1.54) is 17.7 Å². The summed E-state index contributed by atoms with van der Waals surface area (Å²) in [5, 5.41) is 0. The first-order valence-electron chi connectivity index (χ1n) is 11.2. The summed E-state index contributed by atoms with van der Waals surface area (Å²) < 4.78 is 43.7. The zero-order valence-electron chi connectivity index (χ0n) is 18.3. The van der Waals surface area contributed by atoms with Crippen LogP contribution in [0.1, 0.15) is 11.1 Å². The fraction of sp³-hybridized carbons (Fsp3) is 0.308. The summed E-state index contributed by atoms with van der Waals surface area (Å²) in [4.78, 5) is 4.37. The van der Waals surface area contributed by atoms with Crippen molar-refractivity contribution in [3.63, 3.8) is 0 Å². The van der Waals surface area contributed by atoms with Gasteiger partial charge in [0.2, 0.25) is 6.79 Å². The first kappa shape index (κ1) is 21.5. The van der Waals surface area contributed by atoms with Gasteiger partial charge in [-0.05, 0) is 41.8 Å². The highest BCUT2D eigenvalue weighted by Gasteiger charge is 2.19. The number of halogens is 2. The summed E-state index contributed by atoms with van der Waals surface area (Å²) in [6.07, 6.45) is 0.953. The largest absolute Gasteiger partial charge is 0.489 e. The average molecular weight is 453 g/mol. The predicted octanol–water partition coefficient (Wildman–Crippen LogP) is 4.64. The molecular formula is C26H26F2N2O3. The lowest BCUT2D eigenvalue weighted by atomic mass is 10.1. The van der Waals surface area contributed by atoms with Gasteiger partial charge in [0, 0.05) is 44.9 Å². The molecule has 2 aliphatic rings. The van der Waals surface area contributed by atoms with E-state index in [-0.39, 0.29) is 6.79 Å². The second-order valence-corrected chi connectivity index (χ2v) is 8.29. The van der Waals surface area contributed by atoms with Crippen molar-refractivity contribution in [2.45, 2.75) is 13.0 Å². The molecule has 7 heteroatoms. The molecule has 0 unspecified atom stereocenters. The molecule has 0 bridgehead atoms. The number of anilines is 1. The van der Waals surface area contributed by atoms with Crippen molar-refractivity contribution >= 4 is 5.69 Å². The van der Waals surface area contributed by atoms with Crippen molar-refractivity contribution in [1.29, 1.82) is 0 Å².